The molecule has 2 N–H and O–H groups in total. The Morgan fingerprint density at radius 3 is 2.57 bits per heavy atom. The van der Waals surface area contributed by atoms with Gasteiger partial charge < -0.3 is 24.1 Å². The average molecular weight is 417 g/mol. The fourth-order valence-electron chi connectivity index (χ4n) is 3.73. The quantitative estimate of drug-likeness (QED) is 0.662. The normalized spacial score (nSPS) is 15.5. The Morgan fingerprint density at radius 2 is 1.90 bits per heavy atom. The van der Waals surface area contributed by atoms with Crippen LogP contribution >= 0.6 is 0 Å². The molecule has 2 aromatic rings. The number of likely N-dealkylation sites (tertiary alicyclic amines) is 1. The van der Waals surface area contributed by atoms with Crippen LogP contribution in [-0.2, 0) is 16.1 Å². The number of nitrogens with zero attached hydrogens (tertiary/aromatic N) is 1. The van der Waals surface area contributed by atoms with Crippen LogP contribution in [0.3, 0.4) is 0 Å². The lowest BCUT2D eigenvalue weighted by atomic mass is 9.92. The second kappa shape index (κ2) is 9.67. The lowest BCUT2D eigenvalue weighted by molar-refractivity contribution is -0.140. The van der Waals surface area contributed by atoms with Gasteiger partial charge in [0.1, 0.15) is 5.76 Å². The predicted octanol–water partition coefficient (Wildman–Crippen LogP) is 2.74. The molecule has 1 aliphatic heterocycles. The van der Waals surface area contributed by atoms with Crippen molar-refractivity contribution < 1.29 is 28.9 Å². The number of carbonyl (C=O) groups excluding carboxylic acids is 1. The fraction of sp³-hybridized carbons (Fsp3) is 0.455. The summed E-state index contributed by atoms with van der Waals surface area (Å²) in [5, 5.41) is 20.4. The topological polar surface area (TPSA) is 109 Å². The average Bonchev–Trinajstić information content (AvgIpc) is 2.75. The van der Waals surface area contributed by atoms with Gasteiger partial charge in [0.2, 0.25) is 11.2 Å². The highest BCUT2D eigenvalue weighted by Crippen LogP contribution is 2.37. The third kappa shape index (κ3) is 4.94. The summed E-state index contributed by atoms with van der Waals surface area (Å²) >= 11 is 0. The Bertz CT molecular complexity index is 947. The molecule has 8 heteroatoms. The van der Waals surface area contributed by atoms with Crippen LogP contribution in [0, 0.1) is 0 Å². The molecule has 0 bridgehead atoms. The summed E-state index contributed by atoms with van der Waals surface area (Å²) in [7, 11) is 2.67. The maximum absolute atomic E-state index is 12.5. The van der Waals surface area contributed by atoms with E-state index in [1.807, 2.05) is 0 Å². The van der Waals surface area contributed by atoms with Gasteiger partial charge in [-0.2, -0.15) is 0 Å². The molecular weight excluding hydrogens is 390 g/mol. The van der Waals surface area contributed by atoms with Gasteiger partial charge in [-0.05, 0) is 43.6 Å². The van der Waals surface area contributed by atoms with E-state index in [1.54, 1.807) is 12.1 Å². The Hall–Kier alpha value is -3.00. The summed E-state index contributed by atoms with van der Waals surface area (Å²) in [6.07, 6.45) is 3.21. The molecule has 1 atom stereocenters. The van der Waals surface area contributed by atoms with Crippen molar-refractivity contribution >= 4 is 5.97 Å². The minimum Gasteiger partial charge on any atom is -0.504 e. The van der Waals surface area contributed by atoms with Gasteiger partial charge >= 0.3 is 5.97 Å². The number of carbonyl (C=O) groups is 1. The predicted molar refractivity (Wildman–Crippen MR) is 109 cm³/mol. The van der Waals surface area contributed by atoms with Crippen LogP contribution in [0.4, 0.5) is 0 Å². The summed E-state index contributed by atoms with van der Waals surface area (Å²) in [5.41, 5.74) is -0.0347. The number of aromatic hydroxyl groups is 2. The summed E-state index contributed by atoms with van der Waals surface area (Å²) in [5.74, 6) is -1.31. The highest BCUT2D eigenvalue weighted by molar-refractivity contribution is 5.71. The highest BCUT2D eigenvalue weighted by Gasteiger charge is 2.28. The first-order chi connectivity index (χ1) is 14.4. The first-order valence-electron chi connectivity index (χ1n) is 9.95. The van der Waals surface area contributed by atoms with E-state index in [2.05, 4.69) is 4.90 Å². The van der Waals surface area contributed by atoms with Crippen LogP contribution in [0.15, 0.2) is 33.5 Å². The van der Waals surface area contributed by atoms with Crippen molar-refractivity contribution in [3.8, 4) is 17.2 Å². The van der Waals surface area contributed by atoms with Crippen LogP contribution < -0.4 is 10.2 Å². The van der Waals surface area contributed by atoms with Gasteiger partial charge in [-0.25, -0.2) is 0 Å². The van der Waals surface area contributed by atoms with Crippen LogP contribution in [0.25, 0.3) is 0 Å². The van der Waals surface area contributed by atoms with Gasteiger partial charge in [0.05, 0.1) is 33.1 Å². The lowest BCUT2D eigenvalue weighted by Gasteiger charge is -2.26. The minimum atomic E-state index is -0.791. The van der Waals surface area contributed by atoms with Gasteiger partial charge in [0.15, 0.2) is 17.3 Å². The molecule has 1 fully saturated rings. The molecular formula is C22H27NO7. The number of hydrogen-bond acceptors (Lipinski definition) is 8. The minimum absolute atomic E-state index is 0.00680. The number of methoxy groups -OCH3 is 2. The van der Waals surface area contributed by atoms with Gasteiger partial charge in [-0.15, -0.1) is 0 Å². The Labute approximate surface area is 174 Å². The monoisotopic (exact) mass is 417 g/mol. The van der Waals surface area contributed by atoms with Crippen molar-refractivity contribution in [2.45, 2.75) is 38.1 Å². The van der Waals surface area contributed by atoms with Crippen molar-refractivity contribution in [3.05, 3.63) is 51.6 Å². The van der Waals surface area contributed by atoms with Crippen molar-refractivity contribution in [2.24, 2.45) is 0 Å². The van der Waals surface area contributed by atoms with Crippen LogP contribution in [0.1, 0.15) is 48.7 Å². The third-order valence-corrected chi connectivity index (χ3v) is 5.35. The molecule has 1 aromatic carbocycles. The largest absolute Gasteiger partial charge is 0.504 e. The van der Waals surface area contributed by atoms with E-state index in [1.165, 1.54) is 32.8 Å². The van der Waals surface area contributed by atoms with Crippen LogP contribution in [0.2, 0.25) is 0 Å². The summed E-state index contributed by atoms with van der Waals surface area (Å²) in [6, 6.07) is 5.84. The number of piperidine rings is 1. The maximum atomic E-state index is 12.5. The third-order valence-electron chi connectivity index (χ3n) is 5.35. The number of esters is 1. The van der Waals surface area contributed by atoms with E-state index in [9.17, 15) is 19.8 Å². The lowest BCUT2D eigenvalue weighted by Crippen LogP contribution is -2.29. The van der Waals surface area contributed by atoms with Crippen molar-refractivity contribution in [3.63, 3.8) is 0 Å². The van der Waals surface area contributed by atoms with Gasteiger partial charge in [0.25, 0.3) is 0 Å². The molecule has 0 unspecified atom stereocenters. The zero-order valence-corrected chi connectivity index (χ0v) is 17.2. The van der Waals surface area contributed by atoms with E-state index in [-0.39, 0.29) is 23.7 Å². The van der Waals surface area contributed by atoms with Crippen molar-refractivity contribution in [2.75, 3.05) is 27.3 Å². The molecule has 0 aliphatic carbocycles. The van der Waals surface area contributed by atoms with E-state index < -0.39 is 23.1 Å². The molecule has 3 rings (SSSR count). The SMILES string of the molecule is COC(=O)C[C@@H](c1ccc(O)c(OC)c1)c1oc(CN2CCCCC2)cc(=O)c1O. The molecule has 2 heterocycles. The molecule has 0 radical (unpaired) electrons. The van der Waals surface area contributed by atoms with Gasteiger partial charge in [-0.1, -0.05) is 12.5 Å². The van der Waals surface area contributed by atoms with Gasteiger partial charge in [-0.3, -0.25) is 14.5 Å². The molecule has 0 spiro atoms. The second-order valence-electron chi connectivity index (χ2n) is 7.39. The molecule has 30 heavy (non-hydrogen) atoms. The zero-order valence-electron chi connectivity index (χ0n) is 17.2. The van der Waals surface area contributed by atoms with Gasteiger partial charge in [0, 0.05) is 6.07 Å². The molecule has 1 saturated heterocycles. The standard InChI is InChI=1S/C22H27NO7/c1-28-19-10-14(6-7-17(19)24)16(12-20(26)29-2)22-21(27)18(25)11-15(30-22)13-23-8-4-3-5-9-23/h6-7,10-11,16,24,27H,3-5,8-9,12-13H2,1-2H3/t16-/m0/s1. The fourth-order valence-corrected chi connectivity index (χ4v) is 3.73. The number of ether oxygens (including phenoxy) is 2. The first kappa shape index (κ1) is 21.7. The van der Waals surface area contributed by atoms with E-state index in [0.717, 1.165) is 25.9 Å². The molecule has 8 nitrogen and oxygen atoms in total. The van der Waals surface area contributed by atoms with Crippen molar-refractivity contribution in [1.29, 1.82) is 0 Å². The molecule has 0 amide bonds. The highest BCUT2D eigenvalue weighted by atomic mass is 16.5. The number of rotatable bonds is 7. The van der Waals surface area contributed by atoms with E-state index in [4.69, 9.17) is 13.9 Å². The first-order valence-corrected chi connectivity index (χ1v) is 9.95. The number of hydrogen-bond donors (Lipinski definition) is 2. The zero-order chi connectivity index (χ0) is 21.7. The molecule has 1 aliphatic rings. The smallest absolute Gasteiger partial charge is 0.306 e. The summed E-state index contributed by atoms with van der Waals surface area (Å²) in [4.78, 5) is 26.7. The van der Waals surface area contributed by atoms with Crippen LogP contribution in [0.5, 0.6) is 17.2 Å². The molecule has 162 valence electrons. The molecule has 1 aromatic heterocycles. The van der Waals surface area contributed by atoms with Crippen molar-refractivity contribution in [1.82, 2.24) is 4.90 Å². The number of phenolic OH excluding ortho intramolecular Hbond substituents is 1. The van der Waals surface area contributed by atoms with E-state index in [0.29, 0.717) is 17.9 Å². The Morgan fingerprint density at radius 1 is 1.17 bits per heavy atom. The maximum Gasteiger partial charge on any atom is 0.306 e. The summed E-state index contributed by atoms with van der Waals surface area (Å²) in [6.45, 7) is 2.29. The molecule has 0 saturated carbocycles. The number of benzene rings is 1. The summed E-state index contributed by atoms with van der Waals surface area (Å²) < 4.78 is 15.9. The Balaban J connectivity index is 2.03. The Kier molecular flexibility index (Phi) is 6.99. The second-order valence-corrected chi connectivity index (χ2v) is 7.39. The van der Waals surface area contributed by atoms with E-state index >= 15 is 0 Å². The van der Waals surface area contributed by atoms with Crippen LogP contribution in [-0.4, -0.2) is 48.4 Å². The number of phenols is 1.